The minimum atomic E-state index is -1.26. The highest BCUT2D eigenvalue weighted by Crippen LogP contribution is 2.32. The van der Waals surface area contributed by atoms with Crippen molar-refractivity contribution in [2.24, 2.45) is 0 Å². The molecule has 4 rings (SSSR count). The van der Waals surface area contributed by atoms with Crippen molar-refractivity contribution in [3.8, 4) is 28.6 Å². The van der Waals surface area contributed by atoms with Crippen LogP contribution in [0.3, 0.4) is 0 Å². The van der Waals surface area contributed by atoms with Crippen LogP contribution in [0.25, 0.3) is 11.3 Å². The Morgan fingerprint density at radius 1 is 1.08 bits per heavy atom. The molecular weight excluding hydrogens is 477 g/mol. The number of carbonyl (C=O) groups excluding carboxylic acids is 1. The molecule has 2 N–H and O–H groups in total. The number of anilines is 1. The Labute approximate surface area is 203 Å². The van der Waals surface area contributed by atoms with E-state index in [9.17, 15) is 14.0 Å². The topological polar surface area (TPSA) is 151 Å². The Kier molecular flexibility index (Phi) is 7.09. The van der Waals surface area contributed by atoms with Gasteiger partial charge in [-0.05, 0) is 24.3 Å². The summed E-state index contributed by atoms with van der Waals surface area (Å²) in [4.78, 5) is 23.5. The van der Waals surface area contributed by atoms with Gasteiger partial charge in [0.05, 0.1) is 26.0 Å². The number of nitrogens with zero attached hydrogens (tertiary/aromatic N) is 4. The van der Waals surface area contributed by atoms with E-state index in [1.807, 2.05) is 0 Å². The second kappa shape index (κ2) is 10.5. The fourth-order valence-corrected chi connectivity index (χ4v) is 3.22. The van der Waals surface area contributed by atoms with E-state index in [-0.39, 0.29) is 36.3 Å². The smallest absolute Gasteiger partial charge is 0.358 e. The van der Waals surface area contributed by atoms with E-state index < -0.39 is 11.8 Å². The number of benzene rings is 2. The van der Waals surface area contributed by atoms with Gasteiger partial charge in [-0.25, -0.2) is 13.9 Å². The average Bonchev–Trinajstić information content (AvgIpc) is 3.52. The number of carboxylic acids is 1. The van der Waals surface area contributed by atoms with Crippen LogP contribution in [0, 0.1) is 5.82 Å². The summed E-state index contributed by atoms with van der Waals surface area (Å²) >= 11 is 0. The lowest BCUT2D eigenvalue weighted by molar-refractivity contribution is -0.116. The third-order valence-electron chi connectivity index (χ3n) is 4.87. The summed E-state index contributed by atoms with van der Waals surface area (Å²) in [5.41, 5.74) is 0.888. The maximum Gasteiger partial charge on any atom is 0.358 e. The molecule has 1 amide bonds. The first-order valence-corrected chi connectivity index (χ1v) is 10.4. The first-order valence-electron chi connectivity index (χ1n) is 10.4. The number of methoxy groups -OCH3 is 2. The molecule has 0 spiro atoms. The second-order valence-electron chi connectivity index (χ2n) is 7.34. The number of carbonyl (C=O) groups is 2. The van der Waals surface area contributed by atoms with Crippen molar-refractivity contribution in [3.63, 3.8) is 0 Å². The van der Waals surface area contributed by atoms with Crippen molar-refractivity contribution in [2.75, 3.05) is 19.5 Å². The third-order valence-corrected chi connectivity index (χ3v) is 4.87. The summed E-state index contributed by atoms with van der Waals surface area (Å²) in [6.45, 7) is -0.226. The zero-order valence-corrected chi connectivity index (χ0v) is 19.1. The zero-order valence-electron chi connectivity index (χ0n) is 19.1. The van der Waals surface area contributed by atoms with Crippen molar-refractivity contribution < 1.29 is 37.8 Å². The predicted molar refractivity (Wildman–Crippen MR) is 121 cm³/mol. The number of aromatic carboxylic acids is 1. The molecule has 13 heteroatoms. The fraction of sp³-hybridized carbons (Fsp3) is 0.174. The van der Waals surface area contributed by atoms with Gasteiger partial charge in [0.25, 0.3) is 0 Å². The first-order chi connectivity index (χ1) is 17.4. The molecule has 12 nitrogen and oxygen atoms in total. The molecule has 0 saturated heterocycles. The molecule has 0 unspecified atom stereocenters. The van der Waals surface area contributed by atoms with Crippen LogP contribution in [0.1, 0.15) is 16.2 Å². The van der Waals surface area contributed by atoms with Gasteiger partial charge in [0.2, 0.25) is 5.91 Å². The predicted octanol–water partition coefficient (Wildman–Crippen LogP) is 3.01. The van der Waals surface area contributed by atoms with E-state index in [2.05, 4.69) is 20.8 Å². The molecule has 0 aliphatic heterocycles. The monoisotopic (exact) mass is 497 g/mol. The SMILES string of the molecule is COc1ccc(NC(=O)Cn2cc(COc3cc(F)ccc3-c3cc(C(=O)O)no3)nn2)cc1OC. The highest BCUT2D eigenvalue weighted by molar-refractivity contribution is 5.91. The number of rotatable bonds is 10. The van der Waals surface area contributed by atoms with Gasteiger partial charge in [0, 0.05) is 23.9 Å². The third kappa shape index (κ3) is 5.58. The number of hydrogen-bond donors (Lipinski definition) is 2. The van der Waals surface area contributed by atoms with Crippen LogP contribution >= 0.6 is 0 Å². The summed E-state index contributed by atoms with van der Waals surface area (Å²) in [6.07, 6.45) is 1.50. The number of aromatic nitrogens is 4. The zero-order chi connectivity index (χ0) is 25.7. The Morgan fingerprint density at radius 3 is 2.61 bits per heavy atom. The molecule has 0 aliphatic rings. The van der Waals surface area contributed by atoms with Gasteiger partial charge in [0.15, 0.2) is 23.0 Å². The number of carboxylic acid groups (broad SMARTS) is 1. The summed E-state index contributed by atoms with van der Waals surface area (Å²) in [5, 5.41) is 23.1. The van der Waals surface area contributed by atoms with E-state index in [4.69, 9.17) is 23.8 Å². The Morgan fingerprint density at radius 2 is 1.89 bits per heavy atom. The summed E-state index contributed by atoms with van der Waals surface area (Å²) in [7, 11) is 3.01. The number of halogens is 1. The second-order valence-corrected chi connectivity index (χ2v) is 7.34. The van der Waals surface area contributed by atoms with Crippen LogP contribution in [0.15, 0.2) is 53.2 Å². The Bertz CT molecular complexity index is 1400. The van der Waals surface area contributed by atoms with Crippen molar-refractivity contribution >= 4 is 17.6 Å². The molecule has 0 bridgehead atoms. The molecule has 0 atom stereocenters. The highest BCUT2D eigenvalue weighted by Gasteiger charge is 2.17. The minimum absolute atomic E-state index is 0.0869. The van der Waals surface area contributed by atoms with E-state index >= 15 is 0 Å². The number of amides is 1. The number of hydrogen-bond acceptors (Lipinski definition) is 9. The summed E-state index contributed by atoms with van der Waals surface area (Å²) < 4.78 is 36.3. The molecule has 2 heterocycles. The molecule has 0 saturated carbocycles. The van der Waals surface area contributed by atoms with Crippen LogP contribution in [0.4, 0.5) is 10.1 Å². The van der Waals surface area contributed by atoms with E-state index in [0.29, 0.717) is 28.4 Å². The van der Waals surface area contributed by atoms with Gasteiger partial charge in [-0.2, -0.15) is 0 Å². The average molecular weight is 497 g/mol. The van der Waals surface area contributed by atoms with Gasteiger partial charge >= 0.3 is 5.97 Å². The van der Waals surface area contributed by atoms with Crippen LogP contribution in [-0.4, -0.2) is 51.4 Å². The van der Waals surface area contributed by atoms with Crippen molar-refractivity contribution in [2.45, 2.75) is 13.2 Å². The fourth-order valence-electron chi connectivity index (χ4n) is 3.22. The van der Waals surface area contributed by atoms with Crippen LogP contribution in [-0.2, 0) is 17.9 Å². The van der Waals surface area contributed by atoms with Crippen molar-refractivity contribution in [3.05, 3.63) is 65.9 Å². The molecule has 186 valence electrons. The molecule has 0 radical (unpaired) electrons. The van der Waals surface area contributed by atoms with Gasteiger partial charge < -0.3 is 29.2 Å². The van der Waals surface area contributed by atoms with Gasteiger partial charge in [0.1, 0.15) is 30.4 Å². The Balaban J connectivity index is 1.40. The largest absolute Gasteiger partial charge is 0.493 e. The van der Waals surface area contributed by atoms with Gasteiger partial charge in [-0.3, -0.25) is 4.79 Å². The van der Waals surface area contributed by atoms with E-state index in [1.54, 1.807) is 18.2 Å². The number of nitrogens with one attached hydrogen (secondary N) is 1. The standard InChI is InChI=1S/C23H20FN5O7/c1-33-18-6-4-14(8-21(18)34-2)25-22(30)11-29-10-15(26-28-29)12-35-19-7-13(24)3-5-16(19)20-9-17(23(31)32)27-36-20/h3-10H,11-12H2,1-2H3,(H,25,30)(H,31,32). The first kappa shape index (κ1) is 24.2. The quantitative estimate of drug-likeness (QED) is 0.335. The lowest BCUT2D eigenvalue weighted by Crippen LogP contribution is -2.19. The summed E-state index contributed by atoms with van der Waals surface area (Å²) in [5.74, 6) is -1.00. The van der Waals surface area contributed by atoms with Crippen molar-refractivity contribution in [1.82, 2.24) is 20.2 Å². The van der Waals surface area contributed by atoms with Gasteiger partial charge in [-0.1, -0.05) is 10.4 Å². The molecule has 2 aromatic heterocycles. The molecular formula is C23H20FN5O7. The minimum Gasteiger partial charge on any atom is -0.493 e. The molecule has 0 aliphatic carbocycles. The van der Waals surface area contributed by atoms with Gasteiger partial charge in [-0.15, -0.1) is 5.10 Å². The van der Waals surface area contributed by atoms with E-state index in [1.165, 1.54) is 43.3 Å². The highest BCUT2D eigenvalue weighted by atomic mass is 19.1. The molecule has 4 aromatic rings. The normalized spacial score (nSPS) is 10.6. The summed E-state index contributed by atoms with van der Waals surface area (Å²) in [6, 6.07) is 9.85. The molecule has 2 aromatic carbocycles. The van der Waals surface area contributed by atoms with Crippen LogP contribution in [0.2, 0.25) is 0 Å². The lowest BCUT2D eigenvalue weighted by atomic mass is 10.1. The maximum absolute atomic E-state index is 13.8. The van der Waals surface area contributed by atoms with Crippen LogP contribution in [0.5, 0.6) is 17.2 Å². The van der Waals surface area contributed by atoms with Crippen LogP contribution < -0.4 is 19.5 Å². The van der Waals surface area contributed by atoms with Crippen molar-refractivity contribution in [1.29, 1.82) is 0 Å². The Hall–Kier alpha value is -4.94. The lowest BCUT2D eigenvalue weighted by Gasteiger charge is -2.10. The molecule has 36 heavy (non-hydrogen) atoms. The number of ether oxygens (including phenoxy) is 3. The maximum atomic E-state index is 13.8. The molecule has 0 fully saturated rings. The van der Waals surface area contributed by atoms with E-state index in [0.717, 1.165) is 6.07 Å².